The minimum absolute atomic E-state index is 0.0469. The molecule has 0 N–H and O–H groups in total. The topological polar surface area (TPSA) is 39.4 Å². The van der Waals surface area contributed by atoms with Gasteiger partial charge in [0.1, 0.15) is 16.8 Å². The van der Waals surface area contributed by atoms with Crippen molar-refractivity contribution in [3.8, 4) is 6.07 Å². The van der Waals surface area contributed by atoms with E-state index in [1.807, 2.05) is 6.07 Å². The van der Waals surface area contributed by atoms with Gasteiger partial charge in [0.2, 0.25) is 0 Å². The highest BCUT2D eigenvalue weighted by molar-refractivity contribution is 6.31. The summed E-state index contributed by atoms with van der Waals surface area (Å²) in [4.78, 5) is 0. The van der Waals surface area contributed by atoms with Crippen LogP contribution in [-0.2, 0) is 0 Å². The Morgan fingerprint density at radius 3 is 2.17 bits per heavy atom. The normalized spacial score (nSPS) is 16.9. The molecule has 0 amide bonds. The van der Waals surface area contributed by atoms with E-state index in [4.69, 9.17) is 11.6 Å². The molecular weight excluding hydrogens is 346 g/mol. The van der Waals surface area contributed by atoms with Gasteiger partial charge in [0.15, 0.2) is 23.3 Å². The van der Waals surface area contributed by atoms with Gasteiger partial charge in [-0.25, -0.2) is 22.6 Å². The minimum atomic E-state index is -1.73. The molecule has 3 nitrogen and oxygen atoms in total. The molecule has 8 heteroatoms. The van der Waals surface area contributed by atoms with Crippen LogP contribution in [0.2, 0.25) is 5.02 Å². The van der Waals surface area contributed by atoms with Gasteiger partial charge in [0.05, 0.1) is 11.8 Å². The first-order valence-corrected chi connectivity index (χ1v) is 7.16. The molecular formula is C16H8ClF4N3. The fourth-order valence-electron chi connectivity index (χ4n) is 2.42. The molecule has 1 atom stereocenters. The first-order valence-electron chi connectivity index (χ1n) is 6.79. The molecule has 0 saturated heterocycles. The van der Waals surface area contributed by atoms with Gasteiger partial charge in [0, 0.05) is 6.42 Å². The van der Waals surface area contributed by atoms with E-state index in [1.54, 1.807) is 30.3 Å². The highest BCUT2D eigenvalue weighted by Gasteiger charge is 2.36. The number of nitriles is 1. The van der Waals surface area contributed by atoms with Crippen LogP contribution in [0.15, 0.2) is 35.4 Å². The van der Waals surface area contributed by atoms with Crippen molar-refractivity contribution in [2.45, 2.75) is 12.5 Å². The summed E-state index contributed by atoms with van der Waals surface area (Å²) in [6, 6.07) is 9.33. The van der Waals surface area contributed by atoms with E-state index in [0.717, 1.165) is 0 Å². The van der Waals surface area contributed by atoms with Crippen molar-refractivity contribution >= 4 is 23.0 Å². The lowest BCUT2D eigenvalue weighted by molar-refractivity contribution is 0.451. The largest absolute Gasteiger partial charge is 0.241 e. The second kappa shape index (κ2) is 6.13. The predicted molar refractivity (Wildman–Crippen MR) is 80.8 cm³/mol. The van der Waals surface area contributed by atoms with E-state index < -0.39 is 40.0 Å². The molecule has 0 spiro atoms. The number of rotatable bonds is 2. The lowest BCUT2D eigenvalue weighted by Crippen LogP contribution is -2.27. The summed E-state index contributed by atoms with van der Waals surface area (Å²) >= 11 is 5.21. The molecule has 1 unspecified atom stereocenters. The molecule has 24 heavy (non-hydrogen) atoms. The number of benzene rings is 2. The molecule has 122 valence electrons. The van der Waals surface area contributed by atoms with E-state index >= 15 is 0 Å². The van der Waals surface area contributed by atoms with Gasteiger partial charge in [-0.2, -0.15) is 10.4 Å². The lowest BCUT2D eigenvalue weighted by Gasteiger charge is -2.20. The zero-order valence-corrected chi connectivity index (χ0v) is 12.7. The Morgan fingerprint density at radius 2 is 1.62 bits per heavy atom. The standard InChI is InChI=1S/C16H8ClF4N3/c17-11-12(18)14(20)16(15(21)13(11)19)24-9(7-22)6-10(23-24)8-4-2-1-3-5-8/h1-5,9H,6H2. The molecule has 0 bridgehead atoms. The van der Waals surface area contributed by atoms with Gasteiger partial charge in [-0.15, -0.1) is 0 Å². The Labute approximate surface area is 139 Å². The van der Waals surface area contributed by atoms with Crippen LogP contribution in [0, 0.1) is 34.6 Å². The summed E-state index contributed by atoms with van der Waals surface area (Å²) in [5, 5.41) is 12.6. The van der Waals surface area contributed by atoms with Crippen molar-refractivity contribution in [1.82, 2.24) is 0 Å². The number of anilines is 1. The van der Waals surface area contributed by atoms with Crippen molar-refractivity contribution in [1.29, 1.82) is 5.26 Å². The Kier molecular flexibility index (Phi) is 4.16. The van der Waals surface area contributed by atoms with Crippen LogP contribution in [0.4, 0.5) is 23.2 Å². The van der Waals surface area contributed by atoms with Gasteiger partial charge in [-0.1, -0.05) is 41.9 Å². The number of halogens is 5. The molecule has 0 aliphatic carbocycles. The zero-order chi connectivity index (χ0) is 17.4. The third-order valence-electron chi connectivity index (χ3n) is 3.58. The van der Waals surface area contributed by atoms with E-state index in [-0.39, 0.29) is 6.42 Å². The fraction of sp³-hybridized carbons (Fsp3) is 0.125. The van der Waals surface area contributed by atoms with Crippen molar-refractivity contribution in [2.24, 2.45) is 5.10 Å². The van der Waals surface area contributed by atoms with Crippen molar-refractivity contribution < 1.29 is 17.6 Å². The Morgan fingerprint density at radius 1 is 1.04 bits per heavy atom. The maximum Gasteiger partial charge on any atom is 0.188 e. The summed E-state index contributed by atoms with van der Waals surface area (Å²) in [6.45, 7) is 0. The van der Waals surface area contributed by atoms with Gasteiger partial charge >= 0.3 is 0 Å². The number of nitrogens with zero attached hydrogens (tertiary/aromatic N) is 3. The fourth-order valence-corrected chi connectivity index (χ4v) is 2.58. The van der Waals surface area contributed by atoms with Gasteiger partial charge in [-0.3, -0.25) is 0 Å². The second-order valence-electron chi connectivity index (χ2n) is 5.02. The molecule has 0 radical (unpaired) electrons. The molecule has 1 aliphatic heterocycles. The molecule has 3 rings (SSSR count). The SMILES string of the molecule is N#CC1CC(c2ccccc2)=NN1c1c(F)c(F)c(Cl)c(F)c1F. The van der Waals surface area contributed by atoms with Crippen LogP contribution < -0.4 is 5.01 Å². The molecule has 1 heterocycles. The maximum absolute atomic E-state index is 14.1. The predicted octanol–water partition coefficient (Wildman–Crippen LogP) is 4.40. The monoisotopic (exact) mass is 353 g/mol. The Bertz CT molecular complexity index is 848. The molecule has 0 fully saturated rings. The van der Waals surface area contributed by atoms with Gasteiger partial charge < -0.3 is 0 Å². The second-order valence-corrected chi connectivity index (χ2v) is 5.40. The average molecular weight is 354 g/mol. The molecule has 0 aromatic heterocycles. The van der Waals surface area contributed by atoms with E-state index in [1.165, 1.54) is 0 Å². The van der Waals surface area contributed by atoms with Crippen LogP contribution in [0.1, 0.15) is 12.0 Å². The molecule has 2 aromatic carbocycles. The Balaban J connectivity index is 2.15. The van der Waals surface area contributed by atoms with Gasteiger partial charge in [-0.05, 0) is 5.56 Å². The number of hydrazone groups is 1. The lowest BCUT2D eigenvalue weighted by atomic mass is 10.0. The van der Waals surface area contributed by atoms with E-state index in [0.29, 0.717) is 16.3 Å². The van der Waals surface area contributed by atoms with Crippen LogP contribution >= 0.6 is 11.6 Å². The zero-order valence-electron chi connectivity index (χ0n) is 11.9. The van der Waals surface area contributed by atoms with Crippen molar-refractivity contribution in [3.05, 3.63) is 64.2 Å². The Hall–Kier alpha value is -2.59. The van der Waals surface area contributed by atoms with Crippen LogP contribution in [0.5, 0.6) is 0 Å². The van der Waals surface area contributed by atoms with Crippen LogP contribution in [-0.4, -0.2) is 11.8 Å². The van der Waals surface area contributed by atoms with Crippen molar-refractivity contribution in [2.75, 3.05) is 5.01 Å². The minimum Gasteiger partial charge on any atom is -0.241 e. The van der Waals surface area contributed by atoms with E-state index in [2.05, 4.69) is 5.10 Å². The van der Waals surface area contributed by atoms with Crippen LogP contribution in [0.25, 0.3) is 0 Å². The summed E-state index contributed by atoms with van der Waals surface area (Å²) in [5.74, 6) is -6.86. The molecule has 0 saturated carbocycles. The summed E-state index contributed by atoms with van der Waals surface area (Å²) < 4.78 is 55.5. The first kappa shape index (κ1) is 16.3. The smallest absolute Gasteiger partial charge is 0.188 e. The maximum atomic E-state index is 14.1. The highest BCUT2D eigenvalue weighted by atomic mass is 35.5. The van der Waals surface area contributed by atoms with Gasteiger partial charge in [0.25, 0.3) is 0 Å². The summed E-state index contributed by atoms with van der Waals surface area (Å²) in [5.41, 5.74) is -0.0698. The molecule has 2 aromatic rings. The molecule has 1 aliphatic rings. The summed E-state index contributed by atoms with van der Waals surface area (Å²) in [7, 11) is 0. The van der Waals surface area contributed by atoms with Crippen molar-refractivity contribution in [3.63, 3.8) is 0 Å². The first-order chi connectivity index (χ1) is 11.5. The quantitative estimate of drug-likeness (QED) is 0.456. The number of hydrogen-bond acceptors (Lipinski definition) is 3. The van der Waals surface area contributed by atoms with E-state index in [9.17, 15) is 22.8 Å². The highest BCUT2D eigenvalue weighted by Crippen LogP contribution is 2.36. The van der Waals surface area contributed by atoms with Crippen LogP contribution in [0.3, 0.4) is 0 Å². The summed E-state index contributed by atoms with van der Waals surface area (Å²) in [6.07, 6.45) is 0.0469. The third-order valence-corrected chi connectivity index (χ3v) is 3.91. The average Bonchev–Trinajstić information content (AvgIpc) is 3.03. The third kappa shape index (κ3) is 2.49. The number of hydrogen-bond donors (Lipinski definition) is 0.